The smallest absolute Gasteiger partial charge is 0.332 e. The summed E-state index contributed by atoms with van der Waals surface area (Å²) in [6.07, 6.45) is 1.52. The second-order valence-electron chi connectivity index (χ2n) is 4.85. The average molecular weight is 349 g/mol. The Kier molecular flexibility index (Phi) is 3.29. The Labute approximate surface area is 128 Å². The first-order valence-corrected chi connectivity index (χ1v) is 7.13. The molecular weight excluding hydrogens is 336 g/mol. The molecule has 1 aromatic carbocycles. The highest BCUT2D eigenvalue weighted by Gasteiger charge is 2.26. The Hall–Kier alpha value is -2.15. The summed E-state index contributed by atoms with van der Waals surface area (Å²) in [5.74, 6) is 0.489. The van der Waals surface area contributed by atoms with Crippen LogP contribution >= 0.6 is 15.9 Å². The molecule has 0 fully saturated rings. The van der Waals surface area contributed by atoms with Crippen molar-refractivity contribution in [1.82, 2.24) is 9.13 Å². The maximum atomic E-state index is 12.5. The van der Waals surface area contributed by atoms with Crippen LogP contribution in [-0.2, 0) is 14.1 Å². The van der Waals surface area contributed by atoms with E-state index in [2.05, 4.69) is 26.2 Å². The van der Waals surface area contributed by atoms with Crippen LogP contribution in [0.15, 0.2) is 43.3 Å². The highest BCUT2D eigenvalue weighted by atomic mass is 79.9. The highest BCUT2D eigenvalue weighted by Crippen LogP contribution is 2.31. The van der Waals surface area contributed by atoms with Crippen LogP contribution in [0.25, 0.3) is 0 Å². The molecular formula is C14H13BrN4O2. The van der Waals surface area contributed by atoms with Crippen LogP contribution in [-0.4, -0.2) is 15.5 Å². The minimum atomic E-state index is -0.427. The molecule has 1 unspecified atom stereocenters. The third-order valence-electron chi connectivity index (χ3n) is 3.56. The van der Waals surface area contributed by atoms with E-state index in [1.165, 1.54) is 18.0 Å². The maximum absolute atomic E-state index is 12.5. The van der Waals surface area contributed by atoms with E-state index in [1.807, 2.05) is 24.3 Å². The molecule has 0 spiro atoms. The molecule has 6 nitrogen and oxygen atoms in total. The van der Waals surface area contributed by atoms with Gasteiger partial charge in [-0.25, -0.2) is 4.79 Å². The minimum Gasteiger partial charge on any atom is -0.332 e. The first-order valence-electron chi connectivity index (χ1n) is 6.34. The van der Waals surface area contributed by atoms with Gasteiger partial charge in [0.2, 0.25) is 0 Å². The van der Waals surface area contributed by atoms with Gasteiger partial charge in [-0.2, -0.15) is 0 Å². The zero-order chi connectivity index (χ0) is 15.1. The Bertz CT molecular complexity index is 866. The van der Waals surface area contributed by atoms with Gasteiger partial charge in [-0.3, -0.25) is 18.9 Å². The monoisotopic (exact) mass is 348 g/mol. The van der Waals surface area contributed by atoms with E-state index in [1.54, 1.807) is 7.05 Å². The molecule has 2 heterocycles. The summed E-state index contributed by atoms with van der Waals surface area (Å²) in [6, 6.07) is 7.20. The van der Waals surface area contributed by atoms with Gasteiger partial charge in [0.15, 0.2) is 0 Å². The van der Waals surface area contributed by atoms with Crippen LogP contribution < -0.4 is 16.6 Å². The third-order valence-corrected chi connectivity index (χ3v) is 4.06. The molecule has 0 aliphatic carbocycles. The van der Waals surface area contributed by atoms with Gasteiger partial charge in [-0.1, -0.05) is 28.1 Å². The summed E-state index contributed by atoms with van der Waals surface area (Å²) in [5.41, 5.74) is 0.663. The van der Waals surface area contributed by atoms with E-state index in [0.29, 0.717) is 11.4 Å². The first kappa shape index (κ1) is 13.8. The van der Waals surface area contributed by atoms with Crippen LogP contribution in [0.4, 0.5) is 5.82 Å². The molecule has 1 aliphatic heterocycles. The second-order valence-corrected chi connectivity index (χ2v) is 5.76. The molecule has 1 N–H and O–H groups in total. The van der Waals surface area contributed by atoms with Crippen molar-refractivity contribution in [2.45, 2.75) is 6.04 Å². The van der Waals surface area contributed by atoms with Gasteiger partial charge in [0.1, 0.15) is 11.9 Å². The molecule has 0 saturated heterocycles. The molecule has 1 atom stereocenters. The van der Waals surface area contributed by atoms with Crippen molar-refractivity contribution in [2.75, 3.05) is 5.32 Å². The highest BCUT2D eigenvalue weighted by molar-refractivity contribution is 9.10. The lowest BCUT2D eigenvalue weighted by Crippen LogP contribution is -2.42. The number of benzene rings is 1. The van der Waals surface area contributed by atoms with E-state index in [-0.39, 0.29) is 11.2 Å². The fourth-order valence-corrected chi connectivity index (χ4v) is 2.89. The summed E-state index contributed by atoms with van der Waals surface area (Å²) >= 11 is 3.42. The molecule has 0 amide bonds. The van der Waals surface area contributed by atoms with E-state index in [9.17, 15) is 9.59 Å². The average Bonchev–Trinajstić information content (AvgIpc) is 2.50. The first-order chi connectivity index (χ1) is 10.0. The lowest BCUT2D eigenvalue weighted by molar-refractivity contribution is 0.660. The quantitative estimate of drug-likeness (QED) is 0.846. The van der Waals surface area contributed by atoms with Crippen molar-refractivity contribution in [1.29, 1.82) is 0 Å². The lowest BCUT2D eigenvalue weighted by atomic mass is 10.00. The summed E-state index contributed by atoms with van der Waals surface area (Å²) in [4.78, 5) is 28.8. The molecule has 21 heavy (non-hydrogen) atoms. The number of anilines is 1. The molecule has 0 bridgehead atoms. The van der Waals surface area contributed by atoms with Gasteiger partial charge >= 0.3 is 5.69 Å². The number of aliphatic imine (C=N–C) groups is 1. The number of hydrogen-bond donors (Lipinski definition) is 1. The topological polar surface area (TPSA) is 68.4 Å². The Morgan fingerprint density at radius 1 is 1.24 bits per heavy atom. The molecule has 108 valence electrons. The van der Waals surface area contributed by atoms with Crippen LogP contribution in [0.1, 0.15) is 17.2 Å². The van der Waals surface area contributed by atoms with Gasteiger partial charge in [0.25, 0.3) is 5.56 Å². The molecule has 3 rings (SSSR count). The number of rotatable bonds is 1. The van der Waals surface area contributed by atoms with Crippen molar-refractivity contribution in [3.8, 4) is 0 Å². The van der Waals surface area contributed by atoms with Gasteiger partial charge in [-0.05, 0) is 17.7 Å². The van der Waals surface area contributed by atoms with Crippen molar-refractivity contribution >= 4 is 28.1 Å². The minimum absolute atomic E-state index is 0.331. The normalized spacial score (nSPS) is 16.4. The van der Waals surface area contributed by atoms with Crippen molar-refractivity contribution < 1.29 is 0 Å². The van der Waals surface area contributed by atoms with Crippen molar-refractivity contribution in [2.24, 2.45) is 19.1 Å². The van der Waals surface area contributed by atoms with Gasteiger partial charge in [0.05, 0.1) is 11.9 Å². The predicted octanol–water partition coefficient (Wildman–Crippen LogP) is 1.39. The summed E-state index contributed by atoms with van der Waals surface area (Å²) in [7, 11) is 3.10. The summed E-state index contributed by atoms with van der Waals surface area (Å²) < 4.78 is 3.44. The largest absolute Gasteiger partial charge is 0.332 e. The third kappa shape index (κ3) is 2.13. The number of nitrogens with zero attached hydrogens (tertiary/aromatic N) is 3. The summed E-state index contributed by atoms with van der Waals surface area (Å²) in [5, 5.41) is 2.90. The predicted molar refractivity (Wildman–Crippen MR) is 85.0 cm³/mol. The fourth-order valence-electron chi connectivity index (χ4n) is 2.47. The van der Waals surface area contributed by atoms with Crippen LogP contribution in [0.2, 0.25) is 0 Å². The number of fused-ring (bicyclic) bond motifs is 1. The van der Waals surface area contributed by atoms with E-state index in [4.69, 9.17) is 0 Å². The van der Waals surface area contributed by atoms with E-state index < -0.39 is 6.04 Å². The number of hydrogen-bond acceptors (Lipinski definition) is 4. The maximum Gasteiger partial charge on any atom is 0.332 e. The Morgan fingerprint density at radius 2 is 2.00 bits per heavy atom. The van der Waals surface area contributed by atoms with Crippen LogP contribution in [0.3, 0.4) is 0 Å². The SMILES string of the molecule is Cn1c2c(c(=O)n(C)c1=O)C(c1cccc(Br)c1)N=CN2. The molecule has 1 aliphatic rings. The molecule has 7 heteroatoms. The number of aromatic nitrogens is 2. The van der Waals surface area contributed by atoms with Gasteiger partial charge in [0, 0.05) is 18.6 Å². The van der Waals surface area contributed by atoms with Gasteiger partial charge < -0.3 is 5.32 Å². The van der Waals surface area contributed by atoms with E-state index in [0.717, 1.165) is 14.6 Å². The van der Waals surface area contributed by atoms with Crippen LogP contribution in [0, 0.1) is 0 Å². The molecule has 0 radical (unpaired) electrons. The standard InChI is InChI=1S/C14H13BrN4O2/c1-18-12-10(13(20)19(2)14(18)21)11(16-7-17-12)8-4-3-5-9(15)6-8/h3-7,11H,1-2H3,(H,16,17). The lowest BCUT2D eigenvalue weighted by Gasteiger charge is -2.23. The van der Waals surface area contributed by atoms with Crippen LogP contribution in [0.5, 0.6) is 0 Å². The van der Waals surface area contributed by atoms with Gasteiger partial charge in [-0.15, -0.1) is 0 Å². The number of halogens is 1. The second kappa shape index (κ2) is 5.00. The molecule has 0 saturated carbocycles. The van der Waals surface area contributed by atoms with Crippen molar-refractivity contribution in [3.63, 3.8) is 0 Å². The zero-order valence-electron chi connectivity index (χ0n) is 11.5. The summed E-state index contributed by atoms with van der Waals surface area (Å²) in [6.45, 7) is 0. The number of nitrogens with one attached hydrogen (secondary N) is 1. The molecule has 1 aromatic heterocycles. The van der Waals surface area contributed by atoms with Crippen molar-refractivity contribution in [3.05, 3.63) is 60.7 Å². The zero-order valence-corrected chi connectivity index (χ0v) is 13.1. The Morgan fingerprint density at radius 3 is 2.71 bits per heavy atom. The molecule has 2 aromatic rings. The Balaban J connectivity index is 2.31. The van der Waals surface area contributed by atoms with E-state index >= 15 is 0 Å². The fraction of sp³-hybridized carbons (Fsp3) is 0.214.